The highest BCUT2D eigenvalue weighted by atomic mass is 16.5. The van der Waals surface area contributed by atoms with E-state index in [2.05, 4.69) is 10.2 Å². The number of ether oxygens (including phenoxy) is 1. The number of para-hydroxylation sites is 1. The van der Waals surface area contributed by atoms with E-state index in [4.69, 9.17) is 10.5 Å². The van der Waals surface area contributed by atoms with E-state index in [1.54, 1.807) is 0 Å². The number of anilines is 1. The van der Waals surface area contributed by atoms with E-state index in [0.717, 1.165) is 29.8 Å². The van der Waals surface area contributed by atoms with Gasteiger partial charge in [0.2, 0.25) is 0 Å². The van der Waals surface area contributed by atoms with Crippen molar-refractivity contribution in [3.63, 3.8) is 0 Å². The maximum Gasteiger partial charge on any atom is 0.145 e. The molecule has 1 aromatic heterocycles. The van der Waals surface area contributed by atoms with Crippen molar-refractivity contribution in [2.24, 2.45) is 0 Å². The van der Waals surface area contributed by atoms with Crippen molar-refractivity contribution >= 4 is 5.82 Å². The second kappa shape index (κ2) is 3.56. The van der Waals surface area contributed by atoms with E-state index in [1.165, 1.54) is 0 Å². The molecule has 1 aliphatic carbocycles. The molecule has 0 amide bonds. The topological polar surface area (TPSA) is 63.9 Å². The van der Waals surface area contributed by atoms with Gasteiger partial charge in [-0.2, -0.15) is 5.10 Å². The Morgan fingerprint density at radius 3 is 2.81 bits per heavy atom. The van der Waals surface area contributed by atoms with Crippen LogP contribution in [-0.4, -0.2) is 16.3 Å². The van der Waals surface area contributed by atoms with Crippen LogP contribution in [0.5, 0.6) is 5.75 Å². The lowest BCUT2D eigenvalue weighted by molar-refractivity contribution is 0.304. The Bertz CT molecular complexity index is 502. The molecule has 0 spiro atoms. The largest absolute Gasteiger partial charge is 0.490 e. The zero-order valence-electron chi connectivity index (χ0n) is 8.81. The molecule has 0 saturated heterocycles. The molecule has 1 heterocycles. The average molecular weight is 215 g/mol. The predicted molar refractivity (Wildman–Crippen MR) is 62.1 cm³/mol. The van der Waals surface area contributed by atoms with Crippen molar-refractivity contribution in [2.75, 3.05) is 5.73 Å². The molecule has 1 saturated carbocycles. The number of aromatic nitrogens is 2. The first-order chi connectivity index (χ1) is 7.83. The van der Waals surface area contributed by atoms with Crippen LogP contribution >= 0.6 is 0 Å². The Morgan fingerprint density at radius 2 is 2.12 bits per heavy atom. The molecule has 0 bridgehead atoms. The fourth-order valence-corrected chi connectivity index (χ4v) is 1.63. The average Bonchev–Trinajstić information content (AvgIpc) is 3.00. The summed E-state index contributed by atoms with van der Waals surface area (Å²) < 4.78 is 5.83. The first kappa shape index (κ1) is 9.27. The van der Waals surface area contributed by atoms with Crippen LogP contribution in [0.1, 0.15) is 12.8 Å². The minimum atomic E-state index is 0.390. The monoisotopic (exact) mass is 215 g/mol. The smallest absolute Gasteiger partial charge is 0.145 e. The summed E-state index contributed by atoms with van der Waals surface area (Å²) in [5, 5.41) is 6.83. The molecule has 3 N–H and O–H groups in total. The van der Waals surface area contributed by atoms with Crippen LogP contribution in [0.25, 0.3) is 11.3 Å². The molecule has 1 fully saturated rings. The number of benzene rings is 1. The summed E-state index contributed by atoms with van der Waals surface area (Å²) in [6.45, 7) is 0. The molecule has 3 rings (SSSR count). The van der Waals surface area contributed by atoms with Crippen LogP contribution in [0.15, 0.2) is 30.3 Å². The van der Waals surface area contributed by atoms with Crippen LogP contribution in [0.4, 0.5) is 5.82 Å². The number of H-pyrrole nitrogens is 1. The summed E-state index contributed by atoms with van der Waals surface area (Å²) in [5.74, 6) is 1.39. The highest BCUT2D eigenvalue weighted by molar-refractivity contribution is 5.68. The molecule has 1 aliphatic rings. The van der Waals surface area contributed by atoms with Gasteiger partial charge in [-0.25, -0.2) is 0 Å². The van der Waals surface area contributed by atoms with Gasteiger partial charge in [0.1, 0.15) is 11.6 Å². The lowest BCUT2D eigenvalue weighted by atomic mass is 10.1. The Balaban J connectivity index is 1.98. The third kappa shape index (κ3) is 1.74. The number of aromatic amines is 1. The summed E-state index contributed by atoms with van der Waals surface area (Å²) >= 11 is 0. The van der Waals surface area contributed by atoms with E-state index in [-0.39, 0.29) is 0 Å². The number of rotatable bonds is 3. The third-order valence-corrected chi connectivity index (χ3v) is 2.59. The SMILES string of the molecule is Nc1cc(-c2ccccc2OC2CC2)[nH]n1. The highest BCUT2D eigenvalue weighted by Crippen LogP contribution is 2.34. The number of nitrogens with zero attached hydrogens (tertiary/aromatic N) is 1. The van der Waals surface area contributed by atoms with Gasteiger partial charge in [0.05, 0.1) is 11.8 Å². The number of nitrogen functional groups attached to an aromatic ring is 1. The van der Waals surface area contributed by atoms with Crippen molar-refractivity contribution in [1.82, 2.24) is 10.2 Å². The predicted octanol–water partition coefficient (Wildman–Crippen LogP) is 2.20. The molecule has 0 radical (unpaired) electrons. The Kier molecular flexibility index (Phi) is 2.06. The van der Waals surface area contributed by atoms with E-state index in [1.807, 2.05) is 30.3 Å². The molecule has 2 aromatic rings. The van der Waals surface area contributed by atoms with Gasteiger partial charge in [-0.3, -0.25) is 5.10 Å². The maximum absolute atomic E-state index is 5.83. The van der Waals surface area contributed by atoms with E-state index < -0.39 is 0 Å². The number of hydrogen-bond donors (Lipinski definition) is 2. The van der Waals surface area contributed by atoms with Crippen LogP contribution in [-0.2, 0) is 0 Å². The van der Waals surface area contributed by atoms with E-state index in [0.29, 0.717) is 11.9 Å². The quantitative estimate of drug-likeness (QED) is 0.825. The zero-order valence-corrected chi connectivity index (χ0v) is 8.81. The molecule has 4 nitrogen and oxygen atoms in total. The fraction of sp³-hybridized carbons (Fsp3) is 0.250. The number of nitrogens with two attached hydrogens (primary N) is 1. The third-order valence-electron chi connectivity index (χ3n) is 2.59. The Hall–Kier alpha value is -1.97. The van der Waals surface area contributed by atoms with Crippen LogP contribution < -0.4 is 10.5 Å². The standard InChI is InChI=1S/C12H13N3O/c13-12-7-10(14-15-12)9-3-1-2-4-11(9)16-8-5-6-8/h1-4,7-8H,5-6H2,(H3,13,14,15). The summed E-state index contributed by atoms with van der Waals surface area (Å²) in [4.78, 5) is 0. The van der Waals surface area contributed by atoms with Crippen LogP contribution in [0, 0.1) is 0 Å². The Morgan fingerprint density at radius 1 is 1.31 bits per heavy atom. The van der Waals surface area contributed by atoms with Gasteiger partial charge in [-0.1, -0.05) is 12.1 Å². The molecule has 4 heteroatoms. The van der Waals surface area contributed by atoms with Gasteiger partial charge in [0.25, 0.3) is 0 Å². The van der Waals surface area contributed by atoms with Gasteiger partial charge < -0.3 is 10.5 Å². The molecule has 0 aliphatic heterocycles. The van der Waals surface area contributed by atoms with Gasteiger partial charge >= 0.3 is 0 Å². The maximum atomic E-state index is 5.83. The number of nitrogens with one attached hydrogen (secondary N) is 1. The Labute approximate surface area is 93.4 Å². The number of hydrogen-bond acceptors (Lipinski definition) is 3. The molecular formula is C12H13N3O. The van der Waals surface area contributed by atoms with Crippen molar-refractivity contribution in [3.8, 4) is 17.0 Å². The normalized spacial score (nSPS) is 15.0. The fourth-order valence-electron chi connectivity index (χ4n) is 1.63. The zero-order chi connectivity index (χ0) is 11.0. The lowest BCUT2D eigenvalue weighted by Crippen LogP contribution is -1.97. The molecule has 0 unspecified atom stereocenters. The minimum absolute atomic E-state index is 0.390. The lowest BCUT2D eigenvalue weighted by Gasteiger charge is -2.08. The van der Waals surface area contributed by atoms with Crippen LogP contribution in [0.3, 0.4) is 0 Å². The van der Waals surface area contributed by atoms with Crippen molar-refractivity contribution < 1.29 is 4.74 Å². The summed E-state index contributed by atoms with van der Waals surface area (Å²) in [6.07, 6.45) is 2.69. The molecule has 0 atom stereocenters. The van der Waals surface area contributed by atoms with Gasteiger partial charge in [-0.05, 0) is 25.0 Å². The molecule has 1 aromatic carbocycles. The molecule has 16 heavy (non-hydrogen) atoms. The van der Waals surface area contributed by atoms with Crippen molar-refractivity contribution in [3.05, 3.63) is 30.3 Å². The van der Waals surface area contributed by atoms with E-state index in [9.17, 15) is 0 Å². The van der Waals surface area contributed by atoms with Crippen molar-refractivity contribution in [2.45, 2.75) is 18.9 Å². The second-order valence-electron chi connectivity index (χ2n) is 4.02. The van der Waals surface area contributed by atoms with Crippen LogP contribution in [0.2, 0.25) is 0 Å². The highest BCUT2D eigenvalue weighted by Gasteiger charge is 2.24. The van der Waals surface area contributed by atoms with Gasteiger partial charge in [0.15, 0.2) is 0 Å². The minimum Gasteiger partial charge on any atom is -0.490 e. The molecule has 82 valence electrons. The van der Waals surface area contributed by atoms with Crippen molar-refractivity contribution in [1.29, 1.82) is 0 Å². The molecular weight excluding hydrogens is 202 g/mol. The second-order valence-corrected chi connectivity index (χ2v) is 4.02. The first-order valence-corrected chi connectivity index (χ1v) is 5.40. The van der Waals surface area contributed by atoms with E-state index >= 15 is 0 Å². The van der Waals surface area contributed by atoms with Gasteiger partial charge in [0, 0.05) is 11.6 Å². The first-order valence-electron chi connectivity index (χ1n) is 5.40. The summed E-state index contributed by atoms with van der Waals surface area (Å²) in [7, 11) is 0. The summed E-state index contributed by atoms with van der Waals surface area (Å²) in [5.41, 5.74) is 7.51. The van der Waals surface area contributed by atoms with Gasteiger partial charge in [-0.15, -0.1) is 0 Å². The summed E-state index contributed by atoms with van der Waals surface area (Å²) in [6, 6.07) is 9.75.